The van der Waals surface area contributed by atoms with Crippen molar-refractivity contribution in [1.29, 1.82) is 0 Å². The van der Waals surface area contributed by atoms with E-state index in [0.29, 0.717) is 0 Å². The van der Waals surface area contributed by atoms with Crippen molar-refractivity contribution in [1.82, 2.24) is 0 Å². The van der Waals surface area contributed by atoms with Gasteiger partial charge in [0.2, 0.25) is 0 Å². The van der Waals surface area contributed by atoms with Crippen LogP contribution < -0.4 is 0 Å². The number of likely N-dealkylation sites (N-methyl/N-ethyl adjacent to an activating group) is 1. The number of hydrogen-bond acceptors (Lipinski definition) is 0. The Bertz CT molecular complexity index is 159. The highest BCUT2D eigenvalue weighted by Gasteiger charge is 2.07. The summed E-state index contributed by atoms with van der Waals surface area (Å²) in [6.07, 6.45) is 12.9. The second kappa shape index (κ2) is 8.96. The highest BCUT2D eigenvalue weighted by molar-refractivity contribution is 4.81. The minimum absolute atomic E-state index is 1.10. The molecular formula is C14H30N+. The average molecular weight is 212 g/mol. The lowest BCUT2D eigenvalue weighted by molar-refractivity contribution is -0.882. The maximum Gasteiger partial charge on any atom is 0.0969 e. The normalized spacial score (nSPS) is 12.5. The van der Waals surface area contributed by atoms with Crippen LogP contribution in [0, 0.1) is 0 Å². The Morgan fingerprint density at radius 3 is 2.13 bits per heavy atom. The van der Waals surface area contributed by atoms with Gasteiger partial charge in [-0.15, -0.1) is 0 Å². The molecule has 0 aliphatic heterocycles. The van der Waals surface area contributed by atoms with Crippen LogP contribution >= 0.6 is 0 Å². The summed E-state index contributed by atoms with van der Waals surface area (Å²) < 4.78 is 1.10. The van der Waals surface area contributed by atoms with E-state index in [9.17, 15) is 0 Å². The zero-order valence-electron chi connectivity index (χ0n) is 11.3. The van der Waals surface area contributed by atoms with Gasteiger partial charge in [0.25, 0.3) is 0 Å². The van der Waals surface area contributed by atoms with Crippen molar-refractivity contribution in [3.05, 3.63) is 12.2 Å². The van der Waals surface area contributed by atoms with Crippen molar-refractivity contribution in [2.45, 2.75) is 52.4 Å². The van der Waals surface area contributed by atoms with E-state index in [-0.39, 0.29) is 0 Å². The van der Waals surface area contributed by atoms with Crippen molar-refractivity contribution in [3.63, 3.8) is 0 Å². The van der Waals surface area contributed by atoms with Gasteiger partial charge in [0, 0.05) is 0 Å². The molecule has 0 aromatic rings. The van der Waals surface area contributed by atoms with Gasteiger partial charge in [-0.1, -0.05) is 38.7 Å². The molecule has 0 atom stereocenters. The molecule has 0 saturated heterocycles. The third-order valence-electron chi connectivity index (χ3n) is 3.10. The van der Waals surface area contributed by atoms with E-state index in [0.717, 1.165) is 4.48 Å². The van der Waals surface area contributed by atoms with E-state index < -0.39 is 0 Å². The van der Waals surface area contributed by atoms with E-state index in [4.69, 9.17) is 0 Å². The van der Waals surface area contributed by atoms with Crippen molar-refractivity contribution >= 4 is 0 Å². The average Bonchev–Trinajstić information content (AvgIpc) is 2.22. The molecule has 0 aliphatic rings. The van der Waals surface area contributed by atoms with Crippen LogP contribution in [0.5, 0.6) is 0 Å². The Hall–Kier alpha value is -0.300. The summed E-state index contributed by atoms with van der Waals surface area (Å²) in [5, 5.41) is 0. The zero-order chi connectivity index (χ0) is 11.6. The highest BCUT2D eigenvalue weighted by atomic mass is 15.3. The van der Waals surface area contributed by atoms with Gasteiger partial charge in [-0.25, -0.2) is 0 Å². The second-order valence-electron chi connectivity index (χ2n) is 5.11. The molecule has 0 aromatic carbocycles. The first-order valence-electron chi connectivity index (χ1n) is 6.59. The quantitative estimate of drug-likeness (QED) is 0.308. The number of rotatable bonds is 9. The molecule has 1 nitrogen and oxygen atoms in total. The molecular weight excluding hydrogens is 182 g/mol. The standard InChI is InChI=1S/C14H30N/c1-5-7-8-9-10-11-12-13-14-15(3,4)6-2/h12-13H,5-11,14H2,1-4H3/q+1. The first-order valence-corrected chi connectivity index (χ1v) is 6.59. The van der Waals surface area contributed by atoms with E-state index in [1.54, 1.807) is 0 Å². The third-order valence-corrected chi connectivity index (χ3v) is 3.10. The molecule has 0 spiro atoms. The fourth-order valence-corrected chi connectivity index (χ4v) is 1.47. The molecule has 0 radical (unpaired) electrons. The van der Waals surface area contributed by atoms with Gasteiger partial charge >= 0.3 is 0 Å². The molecule has 0 aliphatic carbocycles. The predicted molar refractivity (Wildman–Crippen MR) is 70.0 cm³/mol. The number of hydrogen-bond donors (Lipinski definition) is 0. The largest absolute Gasteiger partial charge is 0.325 e. The molecule has 0 saturated carbocycles. The molecule has 0 N–H and O–H groups in total. The summed E-state index contributed by atoms with van der Waals surface area (Å²) in [5.41, 5.74) is 0. The zero-order valence-corrected chi connectivity index (χ0v) is 11.3. The minimum Gasteiger partial charge on any atom is -0.325 e. The van der Waals surface area contributed by atoms with Gasteiger partial charge in [-0.2, -0.15) is 0 Å². The van der Waals surface area contributed by atoms with Crippen LogP contribution in [0.25, 0.3) is 0 Å². The van der Waals surface area contributed by atoms with Crippen LogP contribution in [-0.2, 0) is 0 Å². The third kappa shape index (κ3) is 9.99. The predicted octanol–water partition coefficient (Wildman–Crippen LogP) is 4.00. The van der Waals surface area contributed by atoms with Crippen LogP contribution in [0.1, 0.15) is 52.4 Å². The van der Waals surface area contributed by atoms with Gasteiger partial charge < -0.3 is 4.48 Å². The van der Waals surface area contributed by atoms with Crippen LogP contribution in [0.15, 0.2) is 12.2 Å². The smallest absolute Gasteiger partial charge is 0.0969 e. The molecule has 1 heteroatoms. The van der Waals surface area contributed by atoms with Crippen molar-refractivity contribution in [3.8, 4) is 0 Å². The first-order chi connectivity index (χ1) is 7.12. The van der Waals surface area contributed by atoms with Crippen LogP contribution in [-0.4, -0.2) is 31.7 Å². The highest BCUT2D eigenvalue weighted by Crippen LogP contribution is 2.05. The van der Waals surface area contributed by atoms with Gasteiger partial charge in [0.15, 0.2) is 0 Å². The number of unbranched alkanes of at least 4 members (excludes halogenated alkanes) is 5. The fourth-order valence-electron chi connectivity index (χ4n) is 1.47. The van der Waals surface area contributed by atoms with E-state index in [1.165, 1.54) is 51.6 Å². The Morgan fingerprint density at radius 2 is 1.53 bits per heavy atom. The van der Waals surface area contributed by atoms with Gasteiger partial charge in [0.05, 0.1) is 27.2 Å². The summed E-state index contributed by atoms with van der Waals surface area (Å²) >= 11 is 0. The minimum atomic E-state index is 1.10. The Balaban J connectivity index is 3.32. The second-order valence-corrected chi connectivity index (χ2v) is 5.11. The summed E-state index contributed by atoms with van der Waals surface area (Å²) in [7, 11) is 4.57. The van der Waals surface area contributed by atoms with Crippen molar-refractivity contribution in [2.75, 3.05) is 27.2 Å². The monoisotopic (exact) mass is 212 g/mol. The molecule has 0 bridgehead atoms. The summed E-state index contributed by atoms with van der Waals surface area (Å²) in [4.78, 5) is 0. The van der Waals surface area contributed by atoms with Crippen molar-refractivity contribution < 1.29 is 4.48 Å². The van der Waals surface area contributed by atoms with E-state index in [1.807, 2.05) is 0 Å². The number of quaternary nitrogens is 1. The Labute approximate surface area is 96.8 Å². The maximum atomic E-state index is 2.36. The first kappa shape index (κ1) is 14.7. The fraction of sp³-hybridized carbons (Fsp3) is 0.857. The summed E-state index contributed by atoms with van der Waals surface area (Å²) in [6.45, 7) is 6.90. The molecule has 0 heterocycles. The lowest BCUT2D eigenvalue weighted by Crippen LogP contribution is -2.39. The lowest BCUT2D eigenvalue weighted by Gasteiger charge is -2.26. The van der Waals surface area contributed by atoms with Crippen LogP contribution in [0.4, 0.5) is 0 Å². The molecule has 0 fully saturated rings. The van der Waals surface area contributed by atoms with E-state index in [2.05, 4.69) is 40.1 Å². The van der Waals surface area contributed by atoms with Gasteiger partial charge in [-0.3, -0.25) is 0 Å². The topological polar surface area (TPSA) is 0 Å². The number of nitrogens with zero attached hydrogens (tertiary/aromatic N) is 1. The molecule has 90 valence electrons. The van der Waals surface area contributed by atoms with Gasteiger partial charge in [0.1, 0.15) is 0 Å². The molecule has 0 unspecified atom stereocenters. The summed E-state index contributed by atoms with van der Waals surface area (Å²) in [6, 6.07) is 0. The number of allylic oxidation sites excluding steroid dienone is 1. The lowest BCUT2D eigenvalue weighted by atomic mass is 10.1. The van der Waals surface area contributed by atoms with Gasteiger partial charge in [-0.05, 0) is 25.8 Å². The molecule has 0 amide bonds. The summed E-state index contributed by atoms with van der Waals surface area (Å²) in [5.74, 6) is 0. The molecule has 0 rings (SSSR count). The van der Waals surface area contributed by atoms with Crippen LogP contribution in [0.3, 0.4) is 0 Å². The maximum absolute atomic E-state index is 2.36. The molecule has 0 aromatic heterocycles. The Kier molecular flexibility index (Phi) is 8.79. The Morgan fingerprint density at radius 1 is 0.867 bits per heavy atom. The molecule has 15 heavy (non-hydrogen) atoms. The van der Waals surface area contributed by atoms with Crippen LogP contribution in [0.2, 0.25) is 0 Å². The SMILES string of the molecule is CCCCCCCC=CC[N+](C)(C)CC. The van der Waals surface area contributed by atoms with Crippen molar-refractivity contribution in [2.24, 2.45) is 0 Å². The van der Waals surface area contributed by atoms with E-state index >= 15 is 0 Å².